The van der Waals surface area contributed by atoms with E-state index in [9.17, 15) is 9.59 Å². The average molecular weight is 405 g/mol. The fourth-order valence-corrected chi connectivity index (χ4v) is 4.53. The summed E-state index contributed by atoms with van der Waals surface area (Å²) in [7, 11) is 1.97. The predicted molar refractivity (Wildman–Crippen MR) is 106 cm³/mol. The topological polar surface area (TPSA) is 52.0 Å². The molecular weight excluding hydrogens is 391 g/mol. The smallest absolute Gasteiger partial charge is 0.197 e. The molecule has 26 heavy (non-hydrogen) atoms. The quantitative estimate of drug-likeness (QED) is 0.416. The molecular formula is C19H14Cl2N2O2S. The number of thiophene rings is 1. The minimum absolute atomic E-state index is 0.133. The highest BCUT2D eigenvalue weighted by molar-refractivity contribution is 7.19. The number of halogens is 2. The zero-order valence-electron chi connectivity index (χ0n) is 14.3. The van der Waals surface area contributed by atoms with E-state index < -0.39 is 0 Å². The summed E-state index contributed by atoms with van der Waals surface area (Å²) >= 11 is 13.4. The largest absolute Gasteiger partial charge is 0.330 e. The van der Waals surface area contributed by atoms with E-state index in [0.717, 1.165) is 21.0 Å². The van der Waals surface area contributed by atoms with Crippen LogP contribution in [-0.4, -0.2) is 21.1 Å². The van der Waals surface area contributed by atoms with Crippen molar-refractivity contribution in [2.45, 2.75) is 19.8 Å². The summed E-state index contributed by atoms with van der Waals surface area (Å²) in [6.45, 7) is 4.19. The van der Waals surface area contributed by atoms with Gasteiger partial charge in [0.2, 0.25) is 0 Å². The number of benzene rings is 1. The Morgan fingerprint density at radius 3 is 2.15 bits per heavy atom. The lowest BCUT2D eigenvalue weighted by Crippen LogP contribution is -2.00. The third kappa shape index (κ3) is 2.54. The Kier molecular flexibility index (Phi) is 4.06. The molecule has 1 aliphatic carbocycles. The van der Waals surface area contributed by atoms with Crippen LogP contribution >= 0.6 is 34.5 Å². The second-order valence-electron chi connectivity index (χ2n) is 6.55. The van der Waals surface area contributed by atoms with Crippen molar-refractivity contribution < 1.29 is 9.59 Å². The van der Waals surface area contributed by atoms with Crippen LogP contribution in [-0.2, 0) is 7.05 Å². The molecule has 3 aromatic rings. The summed E-state index contributed by atoms with van der Waals surface area (Å²) in [4.78, 5) is 31.6. The van der Waals surface area contributed by atoms with Crippen LogP contribution in [0.4, 0.5) is 0 Å². The maximum absolute atomic E-state index is 12.6. The first-order chi connectivity index (χ1) is 12.3. The van der Waals surface area contributed by atoms with Crippen molar-refractivity contribution in [3.8, 4) is 0 Å². The van der Waals surface area contributed by atoms with Crippen molar-refractivity contribution in [2.75, 3.05) is 0 Å². The number of ketones is 2. The molecule has 1 aromatic carbocycles. The lowest BCUT2D eigenvalue weighted by Gasteiger charge is -2.04. The summed E-state index contributed by atoms with van der Waals surface area (Å²) in [6, 6.07) is 4.87. The van der Waals surface area contributed by atoms with Gasteiger partial charge in [0.1, 0.15) is 10.7 Å². The molecule has 132 valence electrons. The standard InChI is InChI=1S/C19H14Cl2N2O2S/c1-8(2)18-22-19-15(23(18)3)5-9(26-19)4-12-16(24)10-6-13(20)14(21)7-11(10)17(12)25/h4-8H,1-3H3. The number of hydrogen-bond donors (Lipinski definition) is 0. The number of carbonyl (C=O) groups is 2. The minimum atomic E-state index is -0.322. The molecule has 0 bridgehead atoms. The summed E-state index contributed by atoms with van der Waals surface area (Å²) < 4.78 is 2.05. The van der Waals surface area contributed by atoms with Gasteiger partial charge in [0.05, 0.1) is 21.1 Å². The van der Waals surface area contributed by atoms with Crippen molar-refractivity contribution in [1.82, 2.24) is 9.55 Å². The number of Topliss-reactive ketones (excluding diaryl/α,β-unsaturated/α-hetero) is 2. The SMILES string of the molecule is CC(C)c1nc2sc(C=C3C(=O)c4cc(Cl)c(Cl)cc4C3=O)cc2n1C. The van der Waals surface area contributed by atoms with Gasteiger partial charge in [0, 0.05) is 29.0 Å². The molecule has 0 amide bonds. The van der Waals surface area contributed by atoms with Crippen LogP contribution in [0, 0.1) is 0 Å². The highest BCUT2D eigenvalue weighted by Crippen LogP contribution is 2.36. The molecule has 0 N–H and O–H groups in total. The van der Waals surface area contributed by atoms with Crippen LogP contribution in [0.3, 0.4) is 0 Å². The van der Waals surface area contributed by atoms with E-state index >= 15 is 0 Å². The summed E-state index contributed by atoms with van der Waals surface area (Å²) in [6.07, 6.45) is 1.63. The average Bonchev–Trinajstić information content (AvgIpc) is 3.18. The first kappa shape index (κ1) is 17.5. The Morgan fingerprint density at radius 1 is 1.08 bits per heavy atom. The van der Waals surface area contributed by atoms with Gasteiger partial charge < -0.3 is 4.57 Å². The monoisotopic (exact) mass is 404 g/mol. The highest BCUT2D eigenvalue weighted by atomic mass is 35.5. The molecule has 1 aliphatic rings. The van der Waals surface area contributed by atoms with Gasteiger partial charge in [-0.3, -0.25) is 9.59 Å². The van der Waals surface area contributed by atoms with E-state index in [2.05, 4.69) is 18.8 Å². The van der Waals surface area contributed by atoms with Gasteiger partial charge in [0.15, 0.2) is 11.6 Å². The third-order valence-electron chi connectivity index (χ3n) is 4.48. The number of carbonyl (C=O) groups excluding carboxylic acids is 2. The van der Waals surface area contributed by atoms with E-state index in [1.165, 1.54) is 23.5 Å². The van der Waals surface area contributed by atoms with Crippen LogP contribution < -0.4 is 0 Å². The van der Waals surface area contributed by atoms with Crippen molar-refractivity contribution in [3.05, 3.63) is 55.6 Å². The second-order valence-corrected chi connectivity index (χ2v) is 8.43. The van der Waals surface area contributed by atoms with Gasteiger partial charge in [-0.2, -0.15) is 0 Å². The molecule has 2 heterocycles. The zero-order chi connectivity index (χ0) is 18.7. The van der Waals surface area contributed by atoms with Gasteiger partial charge in [-0.1, -0.05) is 37.0 Å². The molecule has 0 saturated carbocycles. The summed E-state index contributed by atoms with van der Waals surface area (Å²) in [5.74, 6) is 0.687. The molecule has 4 nitrogen and oxygen atoms in total. The van der Waals surface area contributed by atoms with E-state index in [0.29, 0.717) is 17.0 Å². The van der Waals surface area contributed by atoms with E-state index in [1.54, 1.807) is 6.08 Å². The molecule has 0 radical (unpaired) electrons. The summed E-state index contributed by atoms with van der Waals surface area (Å²) in [5.41, 5.74) is 1.73. The molecule has 2 aromatic heterocycles. The number of nitrogens with zero attached hydrogens (tertiary/aromatic N) is 2. The maximum Gasteiger partial charge on any atom is 0.197 e. The van der Waals surface area contributed by atoms with Crippen molar-refractivity contribution in [3.63, 3.8) is 0 Å². The number of aryl methyl sites for hydroxylation is 1. The van der Waals surface area contributed by atoms with Crippen molar-refractivity contribution in [1.29, 1.82) is 0 Å². The molecule has 0 saturated heterocycles. The molecule has 0 fully saturated rings. The lowest BCUT2D eigenvalue weighted by molar-refractivity contribution is 0.0990. The van der Waals surface area contributed by atoms with Crippen LogP contribution in [0.2, 0.25) is 10.0 Å². The Balaban J connectivity index is 1.78. The van der Waals surface area contributed by atoms with Crippen molar-refractivity contribution >= 4 is 62.5 Å². The van der Waals surface area contributed by atoms with Crippen LogP contribution in [0.5, 0.6) is 0 Å². The van der Waals surface area contributed by atoms with Crippen molar-refractivity contribution in [2.24, 2.45) is 7.05 Å². The predicted octanol–water partition coefficient (Wildman–Crippen LogP) is 5.53. The van der Waals surface area contributed by atoms with Gasteiger partial charge in [-0.05, 0) is 24.3 Å². The first-order valence-corrected chi connectivity index (χ1v) is 9.61. The van der Waals surface area contributed by atoms with E-state index in [4.69, 9.17) is 23.2 Å². The second kappa shape index (κ2) is 6.05. The Bertz CT molecular complexity index is 1100. The highest BCUT2D eigenvalue weighted by Gasteiger charge is 2.34. The van der Waals surface area contributed by atoms with Gasteiger partial charge >= 0.3 is 0 Å². The summed E-state index contributed by atoms with van der Waals surface area (Å²) in [5, 5.41) is 0.528. The van der Waals surface area contributed by atoms with Crippen LogP contribution in [0.25, 0.3) is 16.4 Å². The number of imidazole rings is 1. The van der Waals surface area contributed by atoms with Gasteiger partial charge in [-0.25, -0.2) is 4.98 Å². The fraction of sp³-hybridized carbons (Fsp3) is 0.211. The van der Waals surface area contributed by atoms with Crippen LogP contribution in [0.15, 0.2) is 23.8 Å². The fourth-order valence-electron chi connectivity index (χ4n) is 3.19. The molecule has 0 atom stereocenters. The molecule has 4 rings (SSSR count). The Hall–Kier alpha value is -1.95. The van der Waals surface area contributed by atoms with E-state index in [1.807, 2.05) is 17.7 Å². The number of rotatable bonds is 2. The number of hydrogen-bond acceptors (Lipinski definition) is 4. The molecule has 7 heteroatoms. The molecule has 0 aliphatic heterocycles. The van der Waals surface area contributed by atoms with Crippen LogP contribution in [0.1, 0.15) is 51.2 Å². The normalized spacial score (nSPS) is 14.0. The minimum Gasteiger partial charge on any atom is -0.330 e. The van der Waals surface area contributed by atoms with Gasteiger partial charge in [-0.15, -0.1) is 11.3 Å². The number of allylic oxidation sites excluding steroid dienone is 1. The number of fused-ring (bicyclic) bond motifs is 2. The Labute approximate surface area is 164 Å². The lowest BCUT2D eigenvalue weighted by atomic mass is 10.1. The van der Waals surface area contributed by atoms with Gasteiger partial charge in [0.25, 0.3) is 0 Å². The number of aromatic nitrogens is 2. The molecule has 0 unspecified atom stereocenters. The molecule has 0 spiro atoms. The first-order valence-electron chi connectivity index (χ1n) is 8.04. The maximum atomic E-state index is 12.6. The Morgan fingerprint density at radius 2 is 1.65 bits per heavy atom. The third-order valence-corrected chi connectivity index (χ3v) is 6.16. The zero-order valence-corrected chi connectivity index (χ0v) is 16.6. The van der Waals surface area contributed by atoms with E-state index in [-0.39, 0.29) is 27.2 Å².